The van der Waals surface area contributed by atoms with Gasteiger partial charge in [0.1, 0.15) is 6.10 Å². The maximum atomic E-state index is 12.2. The van der Waals surface area contributed by atoms with E-state index in [2.05, 4.69) is 15.0 Å². The van der Waals surface area contributed by atoms with Crippen molar-refractivity contribution < 1.29 is 19.0 Å². The molecule has 0 saturated carbocycles. The van der Waals surface area contributed by atoms with Gasteiger partial charge in [0.25, 0.3) is 0 Å². The summed E-state index contributed by atoms with van der Waals surface area (Å²) < 4.78 is 16.4. The summed E-state index contributed by atoms with van der Waals surface area (Å²) in [6, 6.07) is 7.10. The van der Waals surface area contributed by atoms with Gasteiger partial charge < -0.3 is 25.7 Å². The summed E-state index contributed by atoms with van der Waals surface area (Å²) in [7, 11) is 0. The van der Waals surface area contributed by atoms with Crippen molar-refractivity contribution in [3.05, 3.63) is 30.1 Å². The number of benzene rings is 1. The third-order valence-electron chi connectivity index (χ3n) is 3.13. The van der Waals surface area contributed by atoms with E-state index in [4.69, 9.17) is 25.7 Å². The molecule has 1 aliphatic heterocycles. The van der Waals surface area contributed by atoms with Crippen molar-refractivity contribution in [2.24, 2.45) is 0 Å². The van der Waals surface area contributed by atoms with Crippen LogP contribution in [0.15, 0.2) is 24.3 Å². The van der Waals surface area contributed by atoms with E-state index < -0.39 is 18.2 Å². The van der Waals surface area contributed by atoms with E-state index in [1.165, 1.54) is 0 Å². The fourth-order valence-electron chi connectivity index (χ4n) is 2.12. The number of hydrogen-bond acceptors (Lipinski definition) is 9. The Morgan fingerprint density at radius 1 is 1.13 bits per heavy atom. The van der Waals surface area contributed by atoms with E-state index in [9.17, 15) is 4.79 Å². The minimum atomic E-state index is -0.888. The first-order valence-electron chi connectivity index (χ1n) is 6.88. The number of aromatic nitrogens is 3. The Kier molecular flexibility index (Phi) is 3.83. The first-order valence-corrected chi connectivity index (χ1v) is 6.88. The number of rotatable bonds is 3. The number of anilines is 2. The summed E-state index contributed by atoms with van der Waals surface area (Å²) in [5.74, 6) is 0.562. The van der Waals surface area contributed by atoms with Crippen LogP contribution < -0.4 is 20.9 Å². The molecule has 2 atom stereocenters. The van der Waals surface area contributed by atoms with Crippen LogP contribution in [0.25, 0.3) is 0 Å². The topological polar surface area (TPSA) is 135 Å². The molecule has 120 valence electrons. The molecule has 0 saturated heterocycles. The second-order valence-corrected chi connectivity index (χ2v) is 4.88. The zero-order valence-corrected chi connectivity index (χ0v) is 12.3. The van der Waals surface area contributed by atoms with Gasteiger partial charge in [-0.1, -0.05) is 12.1 Å². The van der Waals surface area contributed by atoms with E-state index in [-0.39, 0.29) is 24.3 Å². The maximum Gasteiger partial charge on any atom is 0.351 e. The van der Waals surface area contributed by atoms with E-state index in [1.54, 1.807) is 25.1 Å². The molecule has 0 amide bonds. The van der Waals surface area contributed by atoms with Gasteiger partial charge in [0.2, 0.25) is 18.0 Å². The van der Waals surface area contributed by atoms with Gasteiger partial charge in [0.05, 0.1) is 0 Å². The molecule has 2 heterocycles. The number of ether oxygens (including phenoxy) is 3. The lowest BCUT2D eigenvalue weighted by Crippen LogP contribution is -2.44. The molecule has 23 heavy (non-hydrogen) atoms. The van der Waals surface area contributed by atoms with Crippen LogP contribution in [-0.2, 0) is 16.1 Å². The number of hydrogen-bond donors (Lipinski definition) is 2. The largest absolute Gasteiger partial charge is 0.482 e. The molecule has 0 bridgehead atoms. The van der Waals surface area contributed by atoms with Crippen molar-refractivity contribution in [1.82, 2.24) is 15.0 Å². The Labute approximate surface area is 131 Å². The fourth-order valence-corrected chi connectivity index (χ4v) is 2.12. The Hall–Kier alpha value is -3.10. The molecule has 4 N–H and O–H groups in total. The molecule has 1 aromatic heterocycles. The highest BCUT2D eigenvalue weighted by Crippen LogP contribution is 2.33. The van der Waals surface area contributed by atoms with E-state index in [0.29, 0.717) is 11.5 Å². The van der Waals surface area contributed by atoms with Crippen molar-refractivity contribution in [3.8, 4) is 11.5 Å². The fraction of sp³-hybridized carbons (Fsp3) is 0.286. The number of esters is 1. The lowest BCUT2D eigenvalue weighted by Gasteiger charge is -2.30. The summed E-state index contributed by atoms with van der Waals surface area (Å²) in [4.78, 5) is 23.5. The number of nitrogens with two attached hydrogens (primary N) is 2. The highest BCUT2D eigenvalue weighted by molar-refractivity contribution is 5.76. The van der Waals surface area contributed by atoms with Crippen molar-refractivity contribution in [2.45, 2.75) is 25.7 Å². The summed E-state index contributed by atoms with van der Waals surface area (Å²) in [5.41, 5.74) is 10.9. The number of nitrogen functional groups attached to an aromatic ring is 2. The van der Waals surface area contributed by atoms with Crippen molar-refractivity contribution >= 4 is 17.9 Å². The molecule has 2 aromatic rings. The standard InChI is InChI=1S/C14H15N5O4/c1-7-11(23-9-5-3-2-4-8(9)22-7)12(20)21-6-10-17-13(15)19-14(16)18-10/h2-5,7,11H,6H2,1H3,(H4,15,16,17,18,19)/t7-,11-/m0/s1. The zero-order valence-electron chi connectivity index (χ0n) is 12.3. The predicted octanol–water partition coefficient (Wildman–Crippen LogP) is 0.308. The van der Waals surface area contributed by atoms with Crippen molar-refractivity contribution in [3.63, 3.8) is 0 Å². The lowest BCUT2D eigenvalue weighted by atomic mass is 10.2. The Morgan fingerprint density at radius 2 is 1.74 bits per heavy atom. The molecule has 0 spiro atoms. The molecular formula is C14H15N5O4. The Morgan fingerprint density at radius 3 is 2.39 bits per heavy atom. The molecule has 1 aliphatic rings. The number of nitrogens with zero attached hydrogens (tertiary/aromatic N) is 3. The number of para-hydroxylation sites is 2. The van der Waals surface area contributed by atoms with Gasteiger partial charge >= 0.3 is 5.97 Å². The first kappa shape index (κ1) is 14.8. The highest BCUT2D eigenvalue weighted by atomic mass is 16.6. The number of carbonyl (C=O) groups excluding carboxylic acids is 1. The summed E-state index contributed by atoms with van der Waals surface area (Å²) in [6.07, 6.45) is -1.38. The van der Waals surface area contributed by atoms with Gasteiger partial charge in [0, 0.05) is 0 Å². The minimum absolute atomic E-state index is 0.0388. The van der Waals surface area contributed by atoms with Crippen LogP contribution >= 0.6 is 0 Å². The van der Waals surface area contributed by atoms with Crippen LogP contribution in [0, 0.1) is 0 Å². The normalized spacial score (nSPS) is 19.2. The Balaban J connectivity index is 1.66. The average Bonchev–Trinajstić information content (AvgIpc) is 2.51. The first-order chi connectivity index (χ1) is 11.0. The zero-order chi connectivity index (χ0) is 16.4. The van der Waals surface area contributed by atoms with Gasteiger partial charge in [-0.05, 0) is 19.1 Å². The van der Waals surface area contributed by atoms with Gasteiger partial charge in [-0.25, -0.2) is 4.79 Å². The molecule has 0 unspecified atom stereocenters. The van der Waals surface area contributed by atoms with Gasteiger partial charge in [-0.3, -0.25) is 0 Å². The van der Waals surface area contributed by atoms with E-state index in [1.807, 2.05) is 6.07 Å². The highest BCUT2D eigenvalue weighted by Gasteiger charge is 2.35. The van der Waals surface area contributed by atoms with Gasteiger partial charge in [-0.15, -0.1) is 0 Å². The number of fused-ring (bicyclic) bond motifs is 1. The number of carbonyl (C=O) groups is 1. The quantitative estimate of drug-likeness (QED) is 0.766. The van der Waals surface area contributed by atoms with Crippen LogP contribution in [0.2, 0.25) is 0 Å². The molecule has 0 radical (unpaired) electrons. The minimum Gasteiger partial charge on any atom is -0.482 e. The molecule has 0 aliphatic carbocycles. The summed E-state index contributed by atoms with van der Waals surface area (Å²) in [6.45, 7) is 1.53. The molecule has 9 heteroatoms. The molecule has 1 aromatic carbocycles. The van der Waals surface area contributed by atoms with Crippen LogP contribution in [0.3, 0.4) is 0 Å². The lowest BCUT2D eigenvalue weighted by molar-refractivity contribution is -0.159. The molecule has 3 rings (SSSR count). The monoisotopic (exact) mass is 317 g/mol. The van der Waals surface area contributed by atoms with E-state index >= 15 is 0 Å². The van der Waals surface area contributed by atoms with Crippen LogP contribution in [0.5, 0.6) is 11.5 Å². The van der Waals surface area contributed by atoms with E-state index in [0.717, 1.165) is 0 Å². The van der Waals surface area contributed by atoms with Crippen molar-refractivity contribution in [1.29, 1.82) is 0 Å². The summed E-state index contributed by atoms with van der Waals surface area (Å²) in [5, 5.41) is 0. The second kappa shape index (κ2) is 5.95. The SMILES string of the molecule is C[C@@H]1Oc2ccccc2O[C@@H]1C(=O)OCc1nc(N)nc(N)n1. The van der Waals surface area contributed by atoms with Gasteiger partial charge in [0.15, 0.2) is 23.9 Å². The Bertz CT molecular complexity index is 719. The van der Waals surface area contributed by atoms with Crippen LogP contribution in [0.1, 0.15) is 12.7 Å². The van der Waals surface area contributed by atoms with Crippen LogP contribution in [-0.4, -0.2) is 33.1 Å². The van der Waals surface area contributed by atoms with Crippen molar-refractivity contribution in [2.75, 3.05) is 11.5 Å². The van der Waals surface area contributed by atoms with Crippen LogP contribution in [0.4, 0.5) is 11.9 Å². The van der Waals surface area contributed by atoms with Gasteiger partial charge in [-0.2, -0.15) is 15.0 Å². The molecular weight excluding hydrogens is 302 g/mol. The second-order valence-electron chi connectivity index (χ2n) is 4.88. The third-order valence-corrected chi connectivity index (χ3v) is 3.13. The predicted molar refractivity (Wildman–Crippen MR) is 79.4 cm³/mol. The third kappa shape index (κ3) is 3.23. The maximum absolute atomic E-state index is 12.2. The molecule has 0 fully saturated rings. The molecule has 9 nitrogen and oxygen atoms in total. The average molecular weight is 317 g/mol. The smallest absolute Gasteiger partial charge is 0.351 e. The summed E-state index contributed by atoms with van der Waals surface area (Å²) >= 11 is 0.